The molecule has 68 valence electrons. The van der Waals surface area contributed by atoms with Gasteiger partial charge in [0.15, 0.2) is 0 Å². The molecule has 0 aromatic rings. The van der Waals surface area contributed by atoms with Crippen LogP contribution in [0, 0.1) is 0 Å². The Morgan fingerprint density at radius 1 is 1.55 bits per heavy atom. The summed E-state index contributed by atoms with van der Waals surface area (Å²) >= 11 is 0. The number of rotatable bonds is 5. The van der Waals surface area contributed by atoms with Gasteiger partial charge in [0.25, 0.3) is 6.43 Å². The van der Waals surface area contributed by atoms with E-state index in [2.05, 4.69) is 5.32 Å². The summed E-state index contributed by atoms with van der Waals surface area (Å²) in [4.78, 5) is 0. The summed E-state index contributed by atoms with van der Waals surface area (Å²) in [7, 11) is 0. The summed E-state index contributed by atoms with van der Waals surface area (Å²) in [6.07, 6.45) is -2.58. The van der Waals surface area contributed by atoms with Crippen molar-refractivity contribution in [2.75, 3.05) is 13.1 Å². The van der Waals surface area contributed by atoms with Gasteiger partial charge >= 0.3 is 0 Å². The minimum Gasteiger partial charge on any atom is -0.384 e. The molecule has 1 atom stereocenters. The molecule has 0 spiro atoms. The van der Waals surface area contributed by atoms with E-state index in [0.29, 0.717) is 6.54 Å². The highest BCUT2D eigenvalue weighted by Crippen LogP contribution is 2.17. The van der Waals surface area contributed by atoms with E-state index in [-0.39, 0.29) is 6.42 Å². The maximum absolute atomic E-state index is 12.0. The van der Waals surface area contributed by atoms with Crippen LogP contribution in [0.4, 0.5) is 8.78 Å². The lowest BCUT2D eigenvalue weighted by Crippen LogP contribution is -2.36. The van der Waals surface area contributed by atoms with Crippen LogP contribution < -0.4 is 5.32 Å². The zero-order valence-electron chi connectivity index (χ0n) is 6.90. The molecule has 0 saturated heterocycles. The van der Waals surface area contributed by atoms with Gasteiger partial charge in [-0.1, -0.05) is 6.92 Å². The Bertz CT molecular complexity index is 107. The Morgan fingerprint density at radius 2 is 2.09 bits per heavy atom. The SMILES string of the molecule is CCNCCC(C)(O)C(F)F. The van der Waals surface area contributed by atoms with E-state index in [1.807, 2.05) is 6.92 Å². The molecular weight excluding hydrogens is 152 g/mol. The van der Waals surface area contributed by atoms with Crippen LogP contribution in [-0.4, -0.2) is 30.2 Å². The maximum atomic E-state index is 12.0. The molecule has 0 aliphatic rings. The van der Waals surface area contributed by atoms with Gasteiger partial charge < -0.3 is 10.4 Å². The molecule has 0 fully saturated rings. The summed E-state index contributed by atoms with van der Waals surface area (Å²) in [6, 6.07) is 0. The number of alkyl halides is 2. The van der Waals surface area contributed by atoms with Gasteiger partial charge in [-0.05, 0) is 26.4 Å². The summed E-state index contributed by atoms with van der Waals surface area (Å²) < 4.78 is 23.9. The normalized spacial score (nSPS) is 16.9. The minimum absolute atomic E-state index is 0.0819. The lowest BCUT2D eigenvalue weighted by atomic mass is 10.0. The van der Waals surface area contributed by atoms with Crippen LogP contribution in [0.2, 0.25) is 0 Å². The van der Waals surface area contributed by atoms with Crippen LogP contribution in [0.1, 0.15) is 20.3 Å². The summed E-state index contributed by atoms with van der Waals surface area (Å²) in [6.45, 7) is 4.19. The molecule has 0 radical (unpaired) electrons. The first-order chi connectivity index (χ1) is 5.00. The van der Waals surface area contributed by atoms with Crippen LogP contribution in [0.5, 0.6) is 0 Å². The summed E-state index contributed by atoms with van der Waals surface area (Å²) in [5, 5.41) is 11.9. The number of hydrogen-bond acceptors (Lipinski definition) is 2. The van der Waals surface area contributed by atoms with Crippen molar-refractivity contribution in [1.82, 2.24) is 5.32 Å². The molecule has 2 nitrogen and oxygen atoms in total. The highest BCUT2D eigenvalue weighted by molar-refractivity contribution is 4.75. The van der Waals surface area contributed by atoms with Gasteiger partial charge in [0.1, 0.15) is 5.60 Å². The van der Waals surface area contributed by atoms with Crippen molar-refractivity contribution in [3.63, 3.8) is 0 Å². The van der Waals surface area contributed by atoms with Crippen molar-refractivity contribution in [2.24, 2.45) is 0 Å². The number of nitrogens with one attached hydrogen (secondary N) is 1. The van der Waals surface area contributed by atoms with E-state index in [9.17, 15) is 8.78 Å². The lowest BCUT2D eigenvalue weighted by Gasteiger charge is -2.21. The average molecular weight is 167 g/mol. The molecule has 0 rings (SSSR count). The molecular formula is C7H15F2NO. The third-order valence-electron chi connectivity index (χ3n) is 1.53. The predicted molar refractivity (Wildman–Crippen MR) is 39.8 cm³/mol. The Hall–Kier alpha value is -0.220. The molecule has 11 heavy (non-hydrogen) atoms. The maximum Gasteiger partial charge on any atom is 0.266 e. The molecule has 0 saturated carbocycles. The zero-order chi connectivity index (χ0) is 8.91. The van der Waals surface area contributed by atoms with Crippen LogP contribution in [0.15, 0.2) is 0 Å². The van der Waals surface area contributed by atoms with Crippen LogP contribution in [-0.2, 0) is 0 Å². The van der Waals surface area contributed by atoms with Crippen LogP contribution >= 0.6 is 0 Å². The Kier molecular flexibility index (Phi) is 4.52. The molecule has 1 unspecified atom stereocenters. The topological polar surface area (TPSA) is 32.3 Å². The highest BCUT2D eigenvalue weighted by Gasteiger charge is 2.31. The Labute approximate surface area is 65.6 Å². The summed E-state index contributed by atoms with van der Waals surface area (Å²) in [5.41, 5.74) is -1.85. The standard InChI is InChI=1S/C7H15F2NO/c1-3-10-5-4-7(2,11)6(8)9/h6,10-11H,3-5H2,1-2H3. The first-order valence-corrected chi connectivity index (χ1v) is 3.72. The van der Waals surface area contributed by atoms with Crippen molar-refractivity contribution in [1.29, 1.82) is 0 Å². The van der Waals surface area contributed by atoms with Gasteiger partial charge in [-0.3, -0.25) is 0 Å². The van der Waals surface area contributed by atoms with E-state index >= 15 is 0 Å². The molecule has 2 N–H and O–H groups in total. The second kappa shape index (κ2) is 4.62. The molecule has 0 aliphatic carbocycles. The molecule has 0 amide bonds. The quantitative estimate of drug-likeness (QED) is 0.599. The Morgan fingerprint density at radius 3 is 2.45 bits per heavy atom. The predicted octanol–water partition coefficient (Wildman–Crippen LogP) is 1.00. The van der Waals surface area contributed by atoms with E-state index in [4.69, 9.17) is 5.11 Å². The van der Waals surface area contributed by atoms with E-state index < -0.39 is 12.0 Å². The third kappa shape index (κ3) is 4.27. The van der Waals surface area contributed by atoms with E-state index in [0.717, 1.165) is 13.5 Å². The first kappa shape index (κ1) is 10.8. The highest BCUT2D eigenvalue weighted by atomic mass is 19.3. The van der Waals surface area contributed by atoms with Gasteiger partial charge in [0.05, 0.1) is 0 Å². The third-order valence-corrected chi connectivity index (χ3v) is 1.53. The fraction of sp³-hybridized carbons (Fsp3) is 1.00. The molecule has 0 aromatic heterocycles. The average Bonchev–Trinajstić information content (AvgIpc) is 1.88. The van der Waals surface area contributed by atoms with E-state index in [1.54, 1.807) is 0 Å². The van der Waals surface area contributed by atoms with Gasteiger partial charge in [0, 0.05) is 0 Å². The van der Waals surface area contributed by atoms with Gasteiger partial charge in [-0.25, -0.2) is 8.78 Å². The van der Waals surface area contributed by atoms with Crippen molar-refractivity contribution >= 4 is 0 Å². The zero-order valence-corrected chi connectivity index (χ0v) is 6.90. The second-order valence-electron chi connectivity index (χ2n) is 2.76. The van der Waals surface area contributed by atoms with Crippen molar-refractivity contribution in [3.05, 3.63) is 0 Å². The fourth-order valence-corrected chi connectivity index (χ4v) is 0.627. The molecule has 4 heteroatoms. The number of hydrogen-bond donors (Lipinski definition) is 2. The van der Waals surface area contributed by atoms with Crippen molar-refractivity contribution < 1.29 is 13.9 Å². The van der Waals surface area contributed by atoms with Gasteiger partial charge in [-0.2, -0.15) is 0 Å². The van der Waals surface area contributed by atoms with Gasteiger partial charge in [-0.15, -0.1) is 0 Å². The van der Waals surface area contributed by atoms with Crippen molar-refractivity contribution in [3.8, 4) is 0 Å². The number of aliphatic hydroxyl groups is 1. The first-order valence-electron chi connectivity index (χ1n) is 3.72. The molecule has 0 heterocycles. The monoisotopic (exact) mass is 167 g/mol. The van der Waals surface area contributed by atoms with Gasteiger partial charge in [0.2, 0.25) is 0 Å². The second-order valence-corrected chi connectivity index (χ2v) is 2.76. The summed E-state index contributed by atoms with van der Waals surface area (Å²) in [5.74, 6) is 0. The number of halogens is 2. The minimum atomic E-state index is -2.67. The van der Waals surface area contributed by atoms with Crippen LogP contribution in [0.25, 0.3) is 0 Å². The van der Waals surface area contributed by atoms with Crippen LogP contribution in [0.3, 0.4) is 0 Å². The fourth-order valence-electron chi connectivity index (χ4n) is 0.627. The molecule has 0 bridgehead atoms. The molecule has 0 aliphatic heterocycles. The Balaban J connectivity index is 3.55. The lowest BCUT2D eigenvalue weighted by molar-refractivity contribution is -0.0870. The molecule has 0 aromatic carbocycles. The van der Waals surface area contributed by atoms with Crippen molar-refractivity contribution in [2.45, 2.75) is 32.3 Å². The largest absolute Gasteiger partial charge is 0.384 e. The van der Waals surface area contributed by atoms with E-state index in [1.165, 1.54) is 0 Å². The smallest absolute Gasteiger partial charge is 0.266 e.